The van der Waals surface area contributed by atoms with Crippen molar-refractivity contribution >= 4 is 40.7 Å². The van der Waals surface area contributed by atoms with E-state index in [0.29, 0.717) is 5.13 Å². The third-order valence-corrected chi connectivity index (χ3v) is 6.67. The zero-order valence-electron chi connectivity index (χ0n) is 16.8. The Kier molecular flexibility index (Phi) is 6.12. The van der Waals surface area contributed by atoms with Crippen molar-refractivity contribution < 1.29 is 19.2 Å². The zero-order valence-corrected chi connectivity index (χ0v) is 17.6. The number of hydrogen-bond donors (Lipinski definition) is 2. The van der Waals surface area contributed by atoms with Crippen LogP contribution in [0.3, 0.4) is 0 Å². The molecule has 2 aromatic rings. The van der Waals surface area contributed by atoms with Crippen LogP contribution >= 0.6 is 11.3 Å². The third kappa shape index (κ3) is 3.56. The topological polar surface area (TPSA) is 80.7 Å². The van der Waals surface area contributed by atoms with Gasteiger partial charge in [0.2, 0.25) is 0 Å². The van der Waals surface area contributed by atoms with E-state index in [4.69, 9.17) is 14.4 Å². The van der Waals surface area contributed by atoms with Crippen LogP contribution in [0, 0.1) is 0 Å². The number of aromatic nitrogens is 1. The molecule has 8 heteroatoms. The first kappa shape index (κ1) is 20.8. The fraction of sp³-hybridized carbons (Fsp3) is 0.500. The van der Waals surface area contributed by atoms with Gasteiger partial charge in [-0.15, -0.1) is 11.3 Å². The Hall–Kier alpha value is -1.90. The van der Waals surface area contributed by atoms with Gasteiger partial charge in [-0.25, -0.2) is 9.78 Å². The van der Waals surface area contributed by atoms with Crippen LogP contribution in [-0.2, 0) is 9.31 Å². The summed E-state index contributed by atoms with van der Waals surface area (Å²) in [5.41, 5.74) is 1.21. The number of nitrogens with zero attached hydrogens (tertiary/aromatic N) is 1. The van der Waals surface area contributed by atoms with Crippen molar-refractivity contribution in [2.24, 2.45) is 0 Å². The Morgan fingerprint density at radius 3 is 2.25 bits per heavy atom. The summed E-state index contributed by atoms with van der Waals surface area (Å²) < 4.78 is 13.1. The number of carboxylic acid groups (broad SMARTS) is 1. The third-order valence-electron chi connectivity index (χ3n) is 5.91. The van der Waals surface area contributed by atoms with Gasteiger partial charge in [-0.3, -0.25) is 0 Å². The lowest BCUT2D eigenvalue weighted by atomic mass is 9.75. The van der Waals surface area contributed by atoms with Crippen molar-refractivity contribution in [2.45, 2.75) is 64.6 Å². The van der Waals surface area contributed by atoms with Crippen molar-refractivity contribution in [3.63, 3.8) is 0 Å². The molecule has 0 bridgehead atoms. The van der Waals surface area contributed by atoms with Gasteiger partial charge in [-0.2, -0.15) is 0 Å². The summed E-state index contributed by atoms with van der Waals surface area (Å²) in [4.78, 5) is 15.1. The number of anilines is 2. The van der Waals surface area contributed by atoms with Gasteiger partial charge in [0.25, 0.3) is 0 Å². The van der Waals surface area contributed by atoms with Gasteiger partial charge in [-0.1, -0.05) is 39.8 Å². The molecule has 0 radical (unpaired) electrons. The number of carboxylic acids is 1. The molecule has 0 spiro atoms. The first-order valence-electron chi connectivity index (χ1n) is 9.84. The van der Waals surface area contributed by atoms with Crippen molar-refractivity contribution in [3.05, 3.63) is 35.3 Å². The predicted molar refractivity (Wildman–Crippen MR) is 113 cm³/mol. The number of carbonyl (C=O) groups is 1. The fourth-order valence-corrected chi connectivity index (χ4v) is 4.93. The van der Waals surface area contributed by atoms with Crippen LogP contribution in [0.4, 0.5) is 10.8 Å². The molecule has 6 nitrogen and oxygen atoms in total. The van der Waals surface area contributed by atoms with Crippen LogP contribution in [0.5, 0.6) is 0 Å². The molecule has 1 aromatic carbocycles. The molecule has 28 heavy (non-hydrogen) atoms. The second kappa shape index (κ2) is 8.23. The highest BCUT2D eigenvalue weighted by Crippen LogP contribution is 2.46. The maximum atomic E-state index is 11.0. The van der Waals surface area contributed by atoms with E-state index in [0.717, 1.165) is 36.8 Å². The minimum Gasteiger partial charge on any atom is -0.476 e. The van der Waals surface area contributed by atoms with Crippen LogP contribution in [0.15, 0.2) is 29.6 Å². The average molecular weight is 402 g/mol. The molecule has 0 amide bonds. The number of nitrogens with one attached hydrogen (secondary N) is 1. The van der Waals surface area contributed by atoms with Gasteiger partial charge in [0.1, 0.15) is 0 Å². The van der Waals surface area contributed by atoms with Crippen molar-refractivity contribution in [1.82, 2.24) is 4.98 Å². The van der Waals surface area contributed by atoms with E-state index in [1.807, 2.05) is 24.3 Å². The molecule has 1 fully saturated rings. The number of benzene rings is 1. The smallest absolute Gasteiger partial charge is 0.476 e. The first-order chi connectivity index (χ1) is 13.4. The number of aromatic carboxylic acids is 1. The largest absolute Gasteiger partial charge is 0.494 e. The summed E-state index contributed by atoms with van der Waals surface area (Å²) in [5.74, 6) is -1.03. The molecular formula is C20H27BN2O4S. The highest BCUT2D eigenvalue weighted by Gasteiger charge is 2.58. The molecule has 1 aliphatic rings. The Morgan fingerprint density at radius 2 is 1.75 bits per heavy atom. The molecule has 150 valence electrons. The number of rotatable bonds is 8. The molecule has 1 saturated heterocycles. The Labute approximate surface area is 170 Å². The molecule has 0 aliphatic carbocycles. The van der Waals surface area contributed by atoms with Gasteiger partial charge in [-0.05, 0) is 43.3 Å². The Balaban J connectivity index is 1.84. The lowest BCUT2D eigenvalue weighted by Crippen LogP contribution is -2.50. The van der Waals surface area contributed by atoms with Crippen molar-refractivity contribution in [2.75, 3.05) is 5.32 Å². The lowest BCUT2D eigenvalue weighted by Gasteiger charge is -2.42. The zero-order chi connectivity index (χ0) is 20.4. The Bertz CT molecular complexity index is 813. The minimum absolute atomic E-state index is 0.0393. The summed E-state index contributed by atoms with van der Waals surface area (Å²) in [6.07, 6.45) is 3.60. The normalized spacial score (nSPS) is 17.6. The molecule has 0 saturated carbocycles. The van der Waals surface area contributed by atoms with Gasteiger partial charge in [0, 0.05) is 11.1 Å². The van der Waals surface area contributed by atoms with Crippen LogP contribution in [0.2, 0.25) is 0 Å². The quantitative estimate of drug-likeness (QED) is 0.636. The average Bonchev–Trinajstić information content (AvgIpc) is 3.31. The summed E-state index contributed by atoms with van der Waals surface area (Å²) in [7, 11) is -0.424. The minimum atomic E-state index is -1.03. The fourth-order valence-electron chi connectivity index (χ4n) is 4.22. The molecule has 1 aliphatic heterocycles. The van der Waals surface area contributed by atoms with Crippen LogP contribution in [-0.4, -0.2) is 34.4 Å². The summed E-state index contributed by atoms with van der Waals surface area (Å²) in [6, 6.07) is 7.83. The second-order valence-corrected chi connectivity index (χ2v) is 7.92. The van der Waals surface area contributed by atoms with E-state index in [1.54, 1.807) is 0 Å². The monoisotopic (exact) mass is 402 g/mol. The standard InChI is InChI=1S/C20H27BN2O4S/c1-5-19(6-2)20(7-3,8-4)27-21(26-19)14-10-9-11-15(12-14)22-18-23-16(13-28-18)17(24)25/h9-13H,5-8H2,1-4H3,(H,22,23)(H,24,25). The maximum Gasteiger partial charge on any atom is 0.494 e. The molecule has 0 unspecified atom stereocenters. The van der Waals surface area contributed by atoms with Gasteiger partial charge in [0.05, 0.1) is 11.2 Å². The van der Waals surface area contributed by atoms with Crippen LogP contribution in [0.1, 0.15) is 63.9 Å². The van der Waals surface area contributed by atoms with Crippen LogP contribution < -0.4 is 10.8 Å². The first-order valence-corrected chi connectivity index (χ1v) is 10.7. The number of thiazole rings is 1. The van der Waals surface area contributed by atoms with E-state index in [9.17, 15) is 4.79 Å². The van der Waals surface area contributed by atoms with E-state index < -0.39 is 13.1 Å². The highest BCUT2D eigenvalue weighted by atomic mass is 32.1. The van der Waals surface area contributed by atoms with E-state index in [-0.39, 0.29) is 16.9 Å². The van der Waals surface area contributed by atoms with Gasteiger partial charge < -0.3 is 19.7 Å². The molecule has 3 rings (SSSR count). The van der Waals surface area contributed by atoms with Gasteiger partial charge in [0.15, 0.2) is 10.8 Å². The lowest BCUT2D eigenvalue weighted by molar-refractivity contribution is -0.0601. The molecular weight excluding hydrogens is 375 g/mol. The second-order valence-electron chi connectivity index (χ2n) is 7.06. The Morgan fingerprint density at radius 1 is 1.14 bits per heavy atom. The van der Waals surface area contributed by atoms with E-state index in [1.165, 1.54) is 16.7 Å². The molecule has 2 heterocycles. The van der Waals surface area contributed by atoms with Crippen LogP contribution in [0.25, 0.3) is 0 Å². The number of hydrogen-bond acceptors (Lipinski definition) is 6. The van der Waals surface area contributed by atoms with E-state index >= 15 is 0 Å². The predicted octanol–water partition coefficient (Wildman–Crippen LogP) is 4.44. The summed E-state index contributed by atoms with van der Waals surface area (Å²) in [5, 5.41) is 14.3. The van der Waals surface area contributed by atoms with Crippen molar-refractivity contribution in [3.8, 4) is 0 Å². The summed E-state index contributed by atoms with van der Waals surface area (Å²) in [6.45, 7) is 8.65. The maximum absolute atomic E-state index is 11.0. The molecule has 0 atom stereocenters. The van der Waals surface area contributed by atoms with Gasteiger partial charge >= 0.3 is 13.1 Å². The molecule has 2 N–H and O–H groups in total. The highest BCUT2D eigenvalue weighted by molar-refractivity contribution is 7.14. The van der Waals surface area contributed by atoms with E-state index in [2.05, 4.69) is 38.0 Å². The SMILES string of the molecule is CCC1(CC)OB(c2cccc(Nc3nc(C(=O)O)cs3)c2)OC1(CC)CC. The van der Waals surface area contributed by atoms with Crippen molar-refractivity contribution in [1.29, 1.82) is 0 Å². The summed E-state index contributed by atoms with van der Waals surface area (Å²) >= 11 is 1.26. The molecule has 1 aromatic heterocycles.